The quantitative estimate of drug-likeness (QED) is 0.554. The topological polar surface area (TPSA) is 109 Å². The van der Waals surface area contributed by atoms with Gasteiger partial charge in [0.1, 0.15) is 11.5 Å². The molecule has 0 aromatic heterocycles. The molecule has 2 aliphatic carbocycles. The Kier molecular flexibility index (Phi) is 7.30. The molecular formula is C18H14O6. The lowest BCUT2D eigenvalue weighted by molar-refractivity contribution is -0.113. The summed E-state index contributed by atoms with van der Waals surface area (Å²) in [6, 6.07) is 5.70. The minimum Gasteiger partial charge on any atom is -0.508 e. The van der Waals surface area contributed by atoms with Crippen LogP contribution in [0.3, 0.4) is 0 Å². The Morgan fingerprint density at radius 1 is 0.417 bits per heavy atom. The van der Waals surface area contributed by atoms with Gasteiger partial charge in [0.25, 0.3) is 0 Å². The Hall–Kier alpha value is -3.54. The maximum absolute atomic E-state index is 10.3. The number of allylic oxidation sites excluding steroid dienone is 8. The zero-order chi connectivity index (χ0) is 17.9. The number of hydrogen-bond donors (Lipinski definition) is 2. The van der Waals surface area contributed by atoms with Gasteiger partial charge in [0.2, 0.25) is 0 Å². The number of benzene rings is 1. The van der Waals surface area contributed by atoms with E-state index in [0.29, 0.717) is 0 Å². The van der Waals surface area contributed by atoms with E-state index in [1.54, 1.807) is 0 Å². The van der Waals surface area contributed by atoms with Gasteiger partial charge in [-0.3, -0.25) is 19.2 Å². The van der Waals surface area contributed by atoms with Crippen molar-refractivity contribution in [1.82, 2.24) is 0 Å². The van der Waals surface area contributed by atoms with Crippen LogP contribution in [0.4, 0.5) is 0 Å². The van der Waals surface area contributed by atoms with E-state index in [2.05, 4.69) is 0 Å². The first-order valence-electron chi connectivity index (χ1n) is 6.73. The molecule has 0 aliphatic heterocycles. The highest BCUT2D eigenvalue weighted by Gasteiger charge is 1.98. The smallest absolute Gasteiger partial charge is 0.178 e. The molecule has 0 fully saturated rings. The standard InChI is InChI=1S/C6H6O2.2C6H4O2/c3*7-5-1-2-6(8)4-3-5/h1-4,7-8H;2*1-4H. The predicted octanol–water partition coefficient (Wildman–Crippen LogP) is 1.60. The second-order valence-corrected chi connectivity index (χ2v) is 4.46. The SMILES string of the molecule is O=C1C=CC(=O)C=C1.O=C1C=CC(=O)C=C1.Oc1ccc(O)cc1. The summed E-state index contributed by atoms with van der Waals surface area (Å²) in [6.07, 6.45) is 10.0. The molecule has 0 radical (unpaired) electrons. The third-order valence-corrected chi connectivity index (χ3v) is 2.50. The Morgan fingerprint density at radius 2 is 0.583 bits per heavy atom. The van der Waals surface area contributed by atoms with Crippen molar-refractivity contribution in [3.8, 4) is 11.5 Å². The molecule has 1 aromatic carbocycles. The summed E-state index contributed by atoms with van der Waals surface area (Å²) in [5.74, 6) is -0.144. The van der Waals surface area contributed by atoms with Gasteiger partial charge in [-0.1, -0.05) is 0 Å². The van der Waals surface area contributed by atoms with Gasteiger partial charge in [-0.05, 0) is 72.9 Å². The summed E-state index contributed by atoms with van der Waals surface area (Å²) >= 11 is 0. The molecule has 122 valence electrons. The van der Waals surface area contributed by atoms with Crippen LogP contribution in [0.2, 0.25) is 0 Å². The highest BCUT2D eigenvalue weighted by atomic mass is 16.3. The summed E-state index contributed by atoms with van der Waals surface area (Å²) in [5, 5.41) is 17.3. The molecule has 2 aliphatic rings. The largest absolute Gasteiger partial charge is 0.508 e. The molecule has 6 nitrogen and oxygen atoms in total. The summed E-state index contributed by atoms with van der Waals surface area (Å²) in [6.45, 7) is 0. The molecule has 3 rings (SSSR count). The highest BCUT2D eigenvalue weighted by molar-refractivity contribution is 6.14. The van der Waals surface area contributed by atoms with E-state index < -0.39 is 0 Å². The van der Waals surface area contributed by atoms with Crippen LogP contribution < -0.4 is 0 Å². The van der Waals surface area contributed by atoms with E-state index in [0.717, 1.165) is 0 Å². The molecule has 24 heavy (non-hydrogen) atoms. The summed E-state index contributed by atoms with van der Waals surface area (Å²) in [4.78, 5) is 41.1. The second-order valence-electron chi connectivity index (χ2n) is 4.46. The minimum atomic E-state index is -0.121. The fourth-order valence-corrected chi connectivity index (χ4v) is 1.33. The van der Waals surface area contributed by atoms with Crippen molar-refractivity contribution in [1.29, 1.82) is 0 Å². The third kappa shape index (κ3) is 8.04. The first-order valence-corrected chi connectivity index (χ1v) is 6.73. The van der Waals surface area contributed by atoms with E-state index in [-0.39, 0.29) is 34.6 Å². The van der Waals surface area contributed by atoms with Crippen molar-refractivity contribution in [2.75, 3.05) is 0 Å². The van der Waals surface area contributed by atoms with Crippen LogP contribution in [0.1, 0.15) is 0 Å². The summed E-state index contributed by atoms with van der Waals surface area (Å²) in [7, 11) is 0. The van der Waals surface area contributed by atoms with Gasteiger partial charge in [-0.15, -0.1) is 0 Å². The van der Waals surface area contributed by atoms with Crippen molar-refractivity contribution in [2.45, 2.75) is 0 Å². The molecule has 1 aromatic rings. The fourth-order valence-electron chi connectivity index (χ4n) is 1.33. The molecule has 0 atom stereocenters. The third-order valence-electron chi connectivity index (χ3n) is 2.50. The first kappa shape index (κ1) is 18.5. The normalized spacial score (nSPS) is 14.7. The zero-order valence-corrected chi connectivity index (χ0v) is 12.5. The average Bonchev–Trinajstić information content (AvgIpc) is 2.57. The van der Waals surface area contributed by atoms with Gasteiger partial charge < -0.3 is 10.2 Å². The van der Waals surface area contributed by atoms with E-state index in [1.807, 2.05) is 0 Å². The zero-order valence-electron chi connectivity index (χ0n) is 12.5. The van der Waals surface area contributed by atoms with E-state index >= 15 is 0 Å². The van der Waals surface area contributed by atoms with Gasteiger partial charge >= 0.3 is 0 Å². The van der Waals surface area contributed by atoms with Crippen LogP contribution in [0, 0.1) is 0 Å². The van der Waals surface area contributed by atoms with Crippen molar-refractivity contribution >= 4 is 23.1 Å². The number of hydrogen-bond acceptors (Lipinski definition) is 6. The van der Waals surface area contributed by atoms with Gasteiger partial charge in [-0.25, -0.2) is 0 Å². The molecular weight excluding hydrogens is 312 g/mol. The molecule has 0 spiro atoms. The summed E-state index contributed by atoms with van der Waals surface area (Å²) < 4.78 is 0. The van der Waals surface area contributed by atoms with E-state index in [9.17, 15) is 19.2 Å². The predicted molar refractivity (Wildman–Crippen MR) is 86.4 cm³/mol. The van der Waals surface area contributed by atoms with Crippen LogP contribution >= 0.6 is 0 Å². The number of rotatable bonds is 0. The second kappa shape index (κ2) is 9.47. The van der Waals surface area contributed by atoms with Crippen molar-refractivity contribution < 1.29 is 29.4 Å². The average molecular weight is 326 g/mol. The van der Waals surface area contributed by atoms with Gasteiger partial charge in [-0.2, -0.15) is 0 Å². The highest BCUT2D eigenvalue weighted by Crippen LogP contribution is 2.13. The Labute approximate surface area is 137 Å². The molecule has 2 N–H and O–H groups in total. The van der Waals surface area contributed by atoms with Crippen LogP contribution in [0.15, 0.2) is 72.9 Å². The van der Waals surface area contributed by atoms with Gasteiger partial charge in [0.15, 0.2) is 23.1 Å². The Balaban J connectivity index is 0.000000180. The van der Waals surface area contributed by atoms with E-state index in [4.69, 9.17) is 10.2 Å². The number of carbonyl (C=O) groups is 4. The molecule has 0 amide bonds. The maximum Gasteiger partial charge on any atom is 0.178 e. The molecule has 0 saturated carbocycles. The number of phenols is 2. The monoisotopic (exact) mass is 326 g/mol. The number of ketones is 4. The van der Waals surface area contributed by atoms with Crippen molar-refractivity contribution in [3.63, 3.8) is 0 Å². The van der Waals surface area contributed by atoms with Gasteiger partial charge in [0, 0.05) is 0 Å². The van der Waals surface area contributed by atoms with Crippen LogP contribution in [0.5, 0.6) is 11.5 Å². The van der Waals surface area contributed by atoms with Crippen LogP contribution in [-0.2, 0) is 19.2 Å². The molecule has 6 heteroatoms. The van der Waals surface area contributed by atoms with Crippen molar-refractivity contribution in [3.05, 3.63) is 72.9 Å². The molecule has 0 bridgehead atoms. The summed E-state index contributed by atoms with van der Waals surface area (Å²) in [5.41, 5.74) is 0. The fraction of sp³-hybridized carbons (Fsp3) is 0. The molecule has 0 saturated heterocycles. The lowest BCUT2D eigenvalue weighted by Gasteiger charge is -1.88. The number of phenolic OH excluding ortho intramolecular Hbond substituents is 2. The van der Waals surface area contributed by atoms with Gasteiger partial charge in [0.05, 0.1) is 0 Å². The van der Waals surface area contributed by atoms with Crippen LogP contribution in [0.25, 0.3) is 0 Å². The van der Waals surface area contributed by atoms with Crippen molar-refractivity contribution in [2.24, 2.45) is 0 Å². The maximum atomic E-state index is 10.3. The van der Waals surface area contributed by atoms with Crippen LogP contribution in [-0.4, -0.2) is 33.3 Å². The lowest BCUT2D eigenvalue weighted by Crippen LogP contribution is -1.97. The Morgan fingerprint density at radius 3 is 0.750 bits per heavy atom. The number of carbonyl (C=O) groups excluding carboxylic acids is 4. The van der Waals surface area contributed by atoms with E-state index in [1.165, 1.54) is 72.9 Å². The molecule has 0 unspecified atom stereocenters. The first-order chi connectivity index (χ1) is 11.4. The Bertz CT molecular complexity index is 607. The number of aromatic hydroxyl groups is 2. The molecule has 0 heterocycles. The lowest BCUT2D eigenvalue weighted by atomic mass is 10.2. The minimum absolute atomic E-state index is 0.121.